The zero-order chi connectivity index (χ0) is 12.8. The van der Waals surface area contributed by atoms with E-state index in [2.05, 4.69) is 10.2 Å². The van der Waals surface area contributed by atoms with E-state index in [1.54, 1.807) is 6.07 Å². The average Bonchev–Trinajstić information content (AvgIpc) is 2.25. The summed E-state index contributed by atoms with van der Waals surface area (Å²) in [6.45, 7) is 0. The highest BCUT2D eigenvalue weighted by Crippen LogP contribution is 2.18. The van der Waals surface area contributed by atoms with Crippen LogP contribution in [0.4, 0.5) is 0 Å². The summed E-state index contributed by atoms with van der Waals surface area (Å²) in [7, 11) is 0. The van der Waals surface area contributed by atoms with Crippen LogP contribution in [0.15, 0.2) is 28.4 Å². The van der Waals surface area contributed by atoms with Gasteiger partial charge >= 0.3 is 5.97 Å². The predicted octanol–water partition coefficient (Wildman–Crippen LogP) is -0.108. The number of guanidine groups is 1. The summed E-state index contributed by atoms with van der Waals surface area (Å²) < 4.78 is 0. The van der Waals surface area contributed by atoms with Crippen LogP contribution in [0.25, 0.3) is 0 Å². The van der Waals surface area contributed by atoms with Gasteiger partial charge in [0.2, 0.25) is 5.96 Å². The fourth-order valence-corrected chi connectivity index (χ4v) is 1.14. The van der Waals surface area contributed by atoms with E-state index < -0.39 is 5.97 Å². The fourth-order valence-electron chi connectivity index (χ4n) is 1.14. The molecule has 0 aliphatic heterocycles. The van der Waals surface area contributed by atoms with Crippen molar-refractivity contribution in [3.63, 3.8) is 0 Å². The number of carboxylic acid groups (broad SMARTS) is 1. The average molecular weight is 236 g/mol. The van der Waals surface area contributed by atoms with Gasteiger partial charge in [0.25, 0.3) is 0 Å². The number of hydrogen-bond acceptors (Lipinski definition) is 4. The van der Waals surface area contributed by atoms with Crippen molar-refractivity contribution in [1.82, 2.24) is 0 Å². The molecule has 1 rings (SSSR count). The maximum atomic E-state index is 10.7. The molecule has 0 bridgehead atoms. The summed E-state index contributed by atoms with van der Waals surface area (Å²) in [5, 5.41) is 25.0. The maximum Gasteiger partial charge on any atom is 0.339 e. The van der Waals surface area contributed by atoms with Crippen LogP contribution in [0.1, 0.15) is 15.9 Å². The zero-order valence-corrected chi connectivity index (χ0v) is 8.87. The second-order valence-electron chi connectivity index (χ2n) is 3.18. The lowest BCUT2D eigenvalue weighted by molar-refractivity contribution is 0.0693. The summed E-state index contributed by atoms with van der Waals surface area (Å²) >= 11 is 0. The first-order valence-corrected chi connectivity index (χ1v) is 4.66. The molecule has 6 N–H and O–H groups in total. The Morgan fingerprint density at radius 3 is 2.71 bits per heavy atom. The molecular weight excluding hydrogens is 224 g/mol. The van der Waals surface area contributed by atoms with Crippen molar-refractivity contribution in [2.24, 2.45) is 21.7 Å². The molecule has 1 aromatic rings. The molecule has 0 unspecified atom stereocenters. The Kier molecular flexibility index (Phi) is 4.04. The lowest BCUT2D eigenvalue weighted by atomic mass is 10.1. The molecule has 90 valence electrons. The molecule has 0 radical (unpaired) electrons. The Morgan fingerprint density at radius 1 is 1.41 bits per heavy atom. The van der Waals surface area contributed by atoms with Gasteiger partial charge in [-0.15, -0.1) is 5.10 Å². The lowest BCUT2D eigenvalue weighted by Crippen LogP contribution is -2.21. The van der Waals surface area contributed by atoms with Gasteiger partial charge in [0.15, 0.2) is 0 Å². The Morgan fingerprint density at radius 2 is 2.12 bits per heavy atom. The summed E-state index contributed by atoms with van der Waals surface area (Å²) in [6, 6.07) is 4.26. The van der Waals surface area contributed by atoms with E-state index in [0.717, 1.165) is 0 Å². The number of carboxylic acids is 1. The minimum Gasteiger partial charge on any atom is -0.507 e. The van der Waals surface area contributed by atoms with E-state index in [4.69, 9.17) is 16.6 Å². The molecule has 7 nitrogen and oxygen atoms in total. The molecule has 0 saturated heterocycles. The van der Waals surface area contributed by atoms with Gasteiger partial charge < -0.3 is 21.7 Å². The number of aromatic carboxylic acids is 1. The number of aromatic hydroxyl groups is 1. The molecule has 0 saturated carbocycles. The highest BCUT2D eigenvalue weighted by atomic mass is 16.4. The topological polar surface area (TPSA) is 134 Å². The molecular formula is C10H12N4O3. The highest BCUT2D eigenvalue weighted by Gasteiger charge is 2.09. The zero-order valence-electron chi connectivity index (χ0n) is 8.87. The number of carbonyl (C=O) groups is 1. The molecule has 0 fully saturated rings. The highest BCUT2D eigenvalue weighted by molar-refractivity contribution is 5.91. The van der Waals surface area contributed by atoms with Crippen molar-refractivity contribution >= 4 is 18.1 Å². The fraction of sp³-hybridized carbons (Fsp3) is 0.100. The molecule has 0 heterocycles. The lowest BCUT2D eigenvalue weighted by Gasteiger charge is -2.01. The predicted molar refractivity (Wildman–Crippen MR) is 63.1 cm³/mol. The van der Waals surface area contributed by atoms with Crippen molar-refractivity contribution in [3.8, 4) is 5.75 Å². The summed E-state index contributed by atoms with van der Waals surface area (Å²) in [5.74, 6) is -1.62. The molecule has 0 atom stereocenters. The monoisotopic (exact) mass is 236 g/mol. The number of hydrogen-bond donors (Lipinski definition) is 4. The van der Waals surface area contributed by atoms with Gasteiger partial charge in [0.1, 0.15) is 11.3 Å². The van der Waals surface area contributed by atoms with E-state index in [1.807, 2.05) is 0 Å². The van der Waals surface area contributed by atoms with Crippen molar-refractivity contribution < 1.29 is 15.0 Å². The Balaban J connectivity index is 2.80. The molecule has 0 aliphatic rings. The van der Waals surface area contributed by atoms with Crippen LogP contribution in [-0.4, -0.2) is 28.4 Å². The molecule has 17 heavy (non-hydrogen) atoms. The second kappa shape index (κ2) is 5.50. The third kappa shape index (κ3) is 3.82. The second-order valence-corrected chi connectivity index (χ2v) is 3.18. The van der Waals surface area contributed by atoms with E-state index in [9.17, 15) is 9.90 Å². The smallest absolute Gasteiger partial charge is 0.339 e. The molecule has 0 aliphatic carbocycles. The molecule has 0 aromatic heterocycles. The normalized spacial score (nSPS) is 10.4. The minimum atomic E-state index is -1.19. The number of phenols is 1. The summed E-state index contributed by atoms with van der Waals surface area (Å²) in [4.78, 5) is 10.7. The first kappa shape index (κ1) is 12.5. The van der Waals surface area contributed by atoms with E-state index >= 15 is 0 Å². The van der Waals surface area contributed by atoms with Crippen molar-refractivity contribution in [1.29, 1.82) is 0 Å². The number of benzene rings is 1. The van der Waals surface area contributed by atoms with Gasteiger partial charge in [-0.25, -0.2) is 4.79 Å². The molecule has 7 heteroatoms. The van der Waals surface area contributed by atoms with E-state index in [1.165, 1.54) is 18.3 Å². The molecule has 0 amide bonds. The Labute approximate surface area is 97.1 Å². The quantitative estimate of drug-likeness (QED) is 0.329. The van der Waals surface area contributed by atoms with Crippen LogP contribution in [-0.2, 0) is 6.42 Å². The standard InChI is InChI=1S/C10H12N4O3/c11-10(12)14-13-4-3-6-1-2-8(15)7(5-6)9(16)17/h1-2,4-5,15H,3H2,(H,16,17)(H4,11,12,14). The number of nitrogens with zero attached hydrogens (tertiary/aromatic N) is 2. The van der Waals surface area contributed by atoms with Crippen LogP contribution >= 0.6 is 0 Å². The number of rotatable bonds is 4. The third-order valence-electron chi connectivity index (χ3n) is 1.87. The van der Waals surface area contributed by atoms with Crippen LogP contribution in [0, 0.1) is 0 Å². The third-order valence-corrected chi connectivity index (χ3v) is 1.87. The largest absolute Gasteiger partial charge is 0.507 e. The van der Waals surface area contributed by atoms with E-state index in [-0.39, 0.29) is 17.3 Å². The number of nitrogens with two attached hydrogens (primary N) is 2. The van der Waals surface area contributed by atoms with Crippen molar-refractivity contribution in [2.75, 3.05) is 0 Å². The summed E-state index contributed by atoms with van der Waals surface area (Å²) in [5.41, 5.74) is 10.6. The first-order chi connectivity index (χ1) is 8.00. The first-order valence-electron chi connectivity index (χ1n) is 4.66. The van der Waals surface area contributed by atoms with Gasteiger partial charge in [-0.05, 0) is 17.7 Å². The maximum absolute atomic E-state index is 10.7. The minimum absolute atomic E-state index is 0.154. The Hall–Kier alpha value is -2.57. The molecule has 1 aromatic carbocycles. The molecule has 0 spiro atoms. The van der Waals surface area contributed by atoms with Crippen molar-refractivity contribution in [2.45, 2.75) is 6.42 Å². The Bertz CT molecular complexity index is 478. The van der Waals surface area contributed by atoms with Crippen LogP contribution < -0.4 is 11.5 Å². The van der Waals surface area contributed by atoms with Gasteiger partial charge in [-0.1, -0.05) is 6.07 Å². The van der Waals surface area contributed by atoms with Crippen molar-refractivity contribution in [3.05, 3.63) is 29.3 Å². The van der Waals surface area contributed by atoms with Gasteiger partial charge in [-0.3, -0.25) is 0 Å². The SMILES string of the molecule is NC(N)=NN=CCc1ccc(O)c(C(=O)O)c1. The van der Waals surface area contributed by atoms with Gasteiger partial charge in [-0.2, -0.15) is 5.10 Å². The van der Waals surface area contributed by atoms with Gasteiger partial charge in [0.05, 0.1) is 0 Å². The van der Waals surface area contributed by atoms with Crippen LogP contribution in [0.2, 0.25) is 0 Å². The summed E-state index contributed by atoms with van der Waals surface area (Å²) in [6.07, 6.45) is 1.79. The van der Waals surface area contributed by atoms with Gasteiger partial charge in [0, 0.05) is 12.6 Å². The van der Waals surface area contributed by atoms with Crippen LogP contribution in [0.3, 0.4) is 0 Å². The van der Waals surface area contributed by atoms with Crippen LogP contribution in [0.5, 0.6) is 5.75 Å². The van der Waals surface area contributed by atoms with E-state index in [0.29, 0.717) is 12.0 Å².